The summed E-state index contributed by atoms with van der Waals surface area (Å²) in [5.41, 5.74) is 7.13. The molecule has 0 spiro atoms. The molecule has 0 saturated heterocycles. The van der Waals surface area contributed by atoms with Crippen molar-refractivity contribution in [3.8, 4) is 11.5 Å². The second kappa shape index (κ2) is 11.0. The molecule has 0 aromatic heterocycles. The van der Waals surface area contributed by atoms with Crippen LogP contribution in [0.5, 0.6) is 11.5 Å². The van der Waals surface area contributed by atoms with Gasteiger partial charge in [-0.15, -0.1) is 13.2 Å². The lowest BCUT2D eigenvalue weighted by atomic mass is 9.77. The summed E-state index contributed by atoms with van der Waals surface area (Å²) in [6, 6.07) is 34.4. The van der Waals surface area contributed by atoms with Crippen LogP contribution in [0.15, 0.2) is 122 Å². The lowest BCUT2D eigenvalue weighted by molar-refractivity contribution is 0.471. The average Bonchev–Trinajstić information content (AvgIpc) is 2.91. The van der Waals surface area contributed by atoms with Crippen molar-refractivity contribution in [2.24, 2.45) is 0 Å². The molecule has 0 bridgehead atoms. The van der Waals surface area contributed by atoms with Crippen molar-refractivity contribution in [1.29, 1.82) is 0 Å². The van der Waals surface area contributed by atoms with E-state index in [2.05, 4.69) is 138 Å². The van der Waals surface area contributed by atoms with Gasteiger partial charge in [0.15, 0.2) is 0 Å². The van der Waals surface area contributed by atoms with Crippen LogP contribution in [0.25, 0.3) is 0 Å². The van der Waals surface area contributed by atoms with E-state index in [1.165, 1.54) is 22.3 Å². The fourth-order valence-corrected chi connectivity index (χ4v) is 4.93. The van der Waals surface area contributed by atoms with E-state index >= 15 is 0 Å². The molecule has 0 aliphatic carbocycles. The highest BCUT2D eigenvalue weighted by molar-refractivity contribution is 5.50. The molecule has 4 rings (SSSR count). The van der Waals surface area contributed by atoms with Crippen molar-refractivity contribution in [2.75, 3.05) is 0 Å². The van der Waals surface area contributed by atoms with Crippen LogP contribution in [0.1, 0.15) is 61.1 Å². The minimum Gasteiger partial charge on any atom is -0.457 e. The van der Waals surface area contributed by atoms with Gasteiger partial charge < -0.3 is 4.74 Å². The van der Waals surface area contributed by atoms with E-state index in [0.29, 0.717) is 0 Å². The van der Waals surface area contributed by atoms with Gasteiger partial charge in [0.25, 0.3) is 0 Å². The first-order chi connectivity index (χ1) is 17.8. The maximum absolute atomic E-state index is 6.60. The Kier molecular flexibility index (Phi) is 7.83. The maximum Gasteiger partial charge on any atom is 0.130 e. The van der Waals surface area contributed by atoms with Crippen LogP contribution < -0.4 is 4.74 Å². The molecular weight excluding hydrogens is 448 g/mol. The lowest BCUT2D eigenvalue weighted by Crippen LogP contribution is -2.19. The summed E-state index contributed by atoms with van der Waals surface area (Å²) in [7, 11) is 0. The molecule has 188 valence electrons. The first-order valence-electron chi connectivity index (χ1n) is 13.0. The molecule has 0 fully saturated rings. The summed E-state index contributed by atoms with van der Waals surface area (Å²) in [5, 5.41) is 0. The molecule has 0 unspecified atom stereocenters. The Balaban J connectivity index is 1.70. The fraction of sp³-hybridized carbons (Fsp3) is 0.222. The predicted octanol–water partition coefficient (Wildman–Crippen LogP) is 9.59. The smallest absolute Gasteiger partial charge is 0.130 e. The SMILES string of the molecule is C=CCc1cc(C(C)(C)c2ccccc2)ccc1Oc1ccc(C(C)(C)c2ccccc2)cc1CC=C. The molecule has 0 atom stereocenters. The van der Waals surface area contributed by atoms with Crippen LogP contribution in [-0.4, -0.2) is 0 Å². The molecule has 37 heavy (non-hydrogen) atoms. The summed E-state index contributed by atoms with van der Waals surface area (Å²) in [5.74, 6) is 1.74. The standard InChI is InChI=1S/C36H38O/c1-7-15-27-25-31(35(3,4)29-17-11-9-12-18-29)21-23-33(27)37-34-24-22-32(26-28(34)16-8-2)36(5,6)30-19-13-10-14-20-30/h7-14,17-26H,1-2,15-16H2,3-6H3. The summed E-state index contributed by atoms with van der Waals surface area (Å²) in [4.78, 5) is 0. The van der Waals surface area contributed by atoms with Crippen molar-refractivity contribution in [3.63, 3.8) is 0 Å². The van der Waals surface area contributed by atoms with E-state index in [9.17, 15) is 0 Å². The van der Waals surface area contributed by atoms with Crippen LogP contribution in [0.2, 0.25) is 0 Å². The number of hydrogen-bond acceptors (Lipinski definition) is 1. The minimum atomic E-state index is -0.117. The van der Waals surface area contributed by atoms with Gasteiger partial charge in [-0.1, -0.05) is 125 Å². The highest BCUT2D eigenvalue weighted by Gasteiger charge is 2.25. The minimum absolute atomic E-state index is 0.117. The summed E-state index contributed by atoms with van der Waals surface area (Å²) < 4.78 is 6.60. The maximum atomic E-state index is 6.60. The highest BCUT2D eigenvalue weighted by Crippen LogP contribution is 2.38. The largest absolute Gasteiger partial charge is 0.457 e. The Bertz CT molecular complexity index is 1250. The van der Waals surface area contributed by atoms with E-state index in [1.807, 2.05) is 12.2 Å². The fourth-order valence-electron chi connectivity index (χ4n) is 4.93. The number of rotatable bonds is 10. The molecule has 0 saturated carbocycles. The third kappa shape index (κ3) is 5.62. The van der Waals surface area contributed by atoms with Crippen molar-refractivity contribution in [1.82, 2.24) is 0 Å². The Hall–Kier alpha value is -3.84. The molecule has 1 heteroatoms. The van der Waals surface area contributed by atoms with Gasteiger partial charge in [0.05, 0.1) is 0 Å². The molecule has 4 aromatic carbocycles. The van der Waals surface area contributed by atoms with Gasteiger partial charge >= 0.3 is 0 Å². The zero-order chi connectivity index (χ0) is 26.5. The van der Waals surface area contributed by atoms with Crippen molar-refractivity contribution in [2.45, 2.75) is 51.4 Å². The van der Waals surface area contributed by atoms with Crippen molar-refractivity contribution < 1.29 is 4.74 Å². The second-order valence-electron chi connectivity index (χ2n) is 10.7. The summed E-state index contributed by atoms with van der Waals surface area (Å²) in [6.45, 7) is 17.1. The van der Waals surface area contributed by atoms with Gasteiger partial charge in [-0.3, -0.25) is 0 Å². The first-order valence-corrected chi connectivity index (χ1v) is 13.0. The topological polar surface area (TPSA) is 9.23 Å². The molecule has 0 aliphatic heterocycles. The van der Waals surface area contributed by atoms with E-state index in [1.54, 1.807) is 0 Å². The van der Waals surface area contributed by atoms with Gasteiger partial charge in [0, 0.05) is 10.8 Å². The van der Waals surface area contributed by atoms with Gasteiger partial charge in [0.2, 0.25) is 0 Å². The zero-order valence-corrected chi connectivity index (χ0v) is 22.6. The number of benzene rings is 4. The molecule has 0 radical (unpaired) electrons. The molecule has 0 N–H and O–H groups in total. The number of ether oxygens (including phenoxy) is 1. The van der Waals surface area contributed by atoms with E-state index < -0.39 is 0 Å². The Morgan fingerprint density at radius 2 is 0.919 bits per heavy atom. The zero-order valence-electron chi connectivity index (χ0n) is 22.6. The van der Waals surface area contributed by atoms with Crippen LogP contribution in [0.4, 0.5) is 0 Å². The molecule has 1 nitrogen and oxygen atoms in total. The van der Waals surface area contributed by atoms with E-state index in [4.69, 9.17) is 4.74 Å². The van der Waals surface area contributed by atoms with Gasteiger partial charge in [0.1, 0.15) is 11.5 Å². The monoisotopic (exact) mass is 486 g/mol. The normalized spacial score (nSPS) is 11.7. The number of allylic oxidation sites excluding steroid dienone is 2. The predicted molar refractivity (Wildman–Crippen MR) is 158 cm³/mol. The Morgan fingerprint density at radius 1 is 0.541 bits per heavy atom. The van der Waals surface area contributed by atoms with Crippen molar-refractivity contribution >= 4 is 0 Å². The average molecular weight is 487 g/mol. The van der Waals surface area contributed by atoms with Crippen molar-refractivity contribution in [3.05, 3.63) is 156 Å². The third-order valence-corrected chi connectivity index (χ3v) is 7.50. The first kappa shape index (κ1) is 26.2. The van der Waals surface area contributed by atoms with Crippen LogP contribution >= 0.6 is 0 Å². The number of hydrogen-bond donors (Lipinski definition) is 0. The highest BCUT2D eigenvalue weighted by atomic mass is 16.5. The molecule has 4 aromatic rings. The molecule has 0 amide bonds. The molecule has 0 aliphatic rings. The summed E-state index contributed by atoms with van der Waals surface area (Å²) >= 11 is 0. The van der Waals surface area contributed by atoms with Crippen LogP contribution in [-0.2, 0) is 23.7 Å². The quantitative estimate of drug-likeness (QED) is 0.203. The summed E-state index contributed by atoms with van der Waals surface area (Å²) in [6.07, 6.45) is 5.36. The van der Waals surface area contributed by atoms with Gasteiger partial charge in [-0.2, -0.15) is 0 Å². The Labute approximate surface area is 223 Å². The second-order valence-corrected chi connectivity index (χ2v) is 10.7. The third-order valence-electron chi connectivity index (χ3n) is 7.50. The molecule has 0 heterocycles. The van der Waals surface area contributed by atoms with Crippen LogP contribution in [0, 0.1) is 0 Å². The molecular formula is C36H38O. The van der Waals surface area contributed by atoms with Gasteiger partial charge in [-0.05, 0) is 58.4 Å². The lowest BCUT2D eigenvalue weighted by Gasteiger charge is -2.28. The Morgan fingerprint density at radius 3 is 1.27 bits per heavy atom. The van der Waals surface area contributed by atoms with E-state index in [-0.39, 0.29) is 10.8 Å². The van der Waals surface area contributed by atoms with E-state index in [0.717, 1.165) is 35.5 Å². The van der Waals surface area contributed by atoms with Gasteiger partial charge in [-0.25, -0.2) is 0 Å². The van der Waals surface area contributed by atoms with Crippen LogP contribution in [0.3, 0.4) is 0 Å².